The van der Waals surface area contributed by atoms with Crippen molar-refractivity contribution in [2.24, 2.45) is 0 Å². The normalized spacial score (nSPS) is 10.6. The summed E-state index contributed by atoms with van der Waals surface area (Å²) in [4.78, 5) is 8.78. The first kappa shape index (κ1) is 19.8. The molecule has 108 valence electrons. The second kappa shape index (κ2) is 11.6. The molecule has 2 nitrogen and oxygen atoms in total. The van der Waals surface area contributed by atoms with Crippen LogP contribution in [0, 0.1) is 0 Å². The van der Waals surface area contributed by atoms with Gasteiger partial charge in [0.25, 0.3) is 0 Å². The summed E-state index contributed by atoms with van der Waals surface area (Å²) in [7, 11) is 0.0728. The van der Waals surface area contributed by atoms with Gasteiger partial charge in [-0.05, 0) is 6.42 Å². The maximum Gasteiger partial charge on any atom is 0.430 e. The van der Waals surface area contributed by atoms with Crippen LogP contribution in [0.2, 0.25) is 19.1 Å². The van der Waals surface area contributed by atoms with Gasteiger partial charge in [0.2, 0.25) is 0 Å². The molecule has 0 aromatic heterocycles. The molecule has 0 atom stereocenters. The molecular formula is C12H23F3O2Si. The van der Waals surface area contributed by atoms with Crippen molar-refractivity contribution in [2.75, 3.05) is 0 Å². The Morgan fingerprint density at radius 1 is 1.06 bits per heavy atom. The monoisotopic (exact) mass is 284 g/mol. The number of carbonyl (C=O) groups is 1. The zero-order chi connectivity index (χ0) is 14.6. The predicted octanol–water partition coefficient (Wildman–Crippen LogP) is 3.40. The molecule has 0 aliphatic heterocycles. The van der Waals surface area contributed by atoms with Crippen molar-refractivity contribution in [1.82, 2.24) is 0 Å². The van der Waals surface area contributed by atoms with Crippen molar-refractivity contribution >= 4 is 14.8 Å². The van der Waals surface area contributed by atoms with Crippen LogP contribution in [-0.2, 0) is 4.79 Å². The molecule has 0 saturated heterocycles. The van der Waals surface area contributed by atoms with Gasteiger partial charge in [0, 0.05) is 0 Å². The Hall–Kier alpha value is -0.523. The Kier molecular flexibility index (Phi) is 12.7. The molecule has 18 heavy (non-hydrogen) atoms. The van der Waals surface area contributed by atoms with E-state index in [1.807, 2.05) is 0 Å². The lowest BCUT2D eigenvalue weighted by Gasteiger charge is -2.03. The number of carboxylic acid groups (broad SMARTS) is 1. The molecule has 0 fully saturated rings. The van der Waals surface area contributed by atoms with Gasteiger partial charge in [-0.2, -0.15) is 13.2 Å². The van der Waals surface area contributed by atoms with Crippen LogP contribution in [0.25, 0.3) is 0 Å². The zero-order valence-corrected chi connectivity index (χ0v) is 12.4. The maximum atomic E-state index is 10.5. The van der Waals surface area contributed by atoms with E-state index in [0.717, 1.165) is 0 Å². The Bertz CT molecular complexity index is 206. The maximum absolute atomic E-state index is 10.5. The number of alkyl halides is 3. The van der Waals surface area contributed by atoms with Gasteiger partial charge in [-0.3, -0.25) is 0 Å². The summed E-state index contributed by atoms with van der Waals surface area (Å²) >= 11 is 0. The fourth-order valence-corrected chi connectivity index (χ4v) is 2.22. The third-order valence-corrected chi connectivity index (χ3v) is 3.62. The van der Waals surface area contributed by atoms with E-state index in [2.05, 4.69) is 20.0 Å². The summed E-state index contributed by atoms with van der Waals surface area (Å²) in [6.45, 7) is 7.10. The number of carboxylic acids is 1. The summed E-state index contributed by atoms with van der Waals surface area (Å²) in [5.41, 5.74) is 0. The molecule has 0 unspecified atom stereocenters. The molecule has 0 radical (unpaired) electrons. The number of hydrogen-bond acceptors (Lipinski definition) is 2. The van der Waals surface area contributed by atoms with Crippen LogP contribution in [-0.4, -0.2) is 20.9 Å². The number of rotatable bonds is 7. The van der Waals surface area contributed by atoms with Gasteiger partial charge in [0.05, 0.1) is 19.1 Å². The lowest BCUT2D eigenvalue weighted by atomic mass is 10.1. The van der Waals surface area contributed by atoms with Crippen LogP contribution in [0.5, 0.6) is 0 Å². The Morgan fingerprint density at radius 2 is 1.44 bits per heavy atom. The van der Waals surface area contributed by atoms with Gasteiger partial charge in [-0.15, -0.1) is 0 Å². The minimum atomic E-state index is -5.19. The van der Waals surface area contributed by atoms with Gasteiger partial charge in [0.15, 0.2) is 0 Å². The van der Waals surface area contributed by atoms with Gasteiger partial charge in [-0.1, -0.05) is 39.0 Å². The number of aliphatic carboxylic acids is 1. The fourth-order valence-electron chi connectivity index (χ4n) is 1.26. The van der Waals surface area contributed by atoms with Crippen molar-refractivity contribution in [3.63, 3.8) is 0 Å². The molecule has 0 rings (SSSR count). The van der Waals surface area contributed by atoms with Gasteiger partial charge < -0.3 is 9.90 Å². The third-order valence-electron chi connectivity index (χ3n) is 2.26. The van der Waals surface area contributed by atoms with Crippen LogP contribution >= 0.6 is 0 Å². The first-order chi connectivity index (χ1) is 8.21. The molecule has 0 heterocycles. The zero-order valence-electron chi connectivity index (χ0n) is 11.4. The van der Waals surface area contributed by atoms with E-state index in [1.165, 1.54) is 44.6 Å². The summed E-state index contributed by atoms with van der Waals surface area (Å²) < 4.78 is 31.5. The van der Waals surface area contributed by atoms with E-state index in [1.54, 1.807) is 0 Å². The molecule has 0 aromatic rings. The molecule has 0 aliphatic rings. The highest BCUT2D eigenvalue weighted by Gasteiger charge is 2.28. The molecular weight excluding hydrogens is 261 g/mol. The van der Waals surface area contributed by atoms with Gasteiger partial charge in [0.1, 0.15) is 5.97 Å². The molecule has 0 aromatic carbocycles. The third kappa shape index (κ3) is 17.9. The van der Waals surface area contributed by atoms with E-state index in [9.17, 15) is 13.2 Å². The Morgan fingerprint density at radius 3 is 1.78 bits per heavy atom. The van der Waals surface area contributed by atoms with E-state index in [0.29, 0.717) is 0 Å². The number of hydrogen-bond donors (Lipinski definition) is 0. The largest absolute Gasteiger partial charge is 0.542 e. The topological polar surface area (TPSA) is 40.1 Å². The molecule has 0 N–H and O–H groups in total. The average molecular weight is 284 g/mol. The second-order valence-electron chi connectivity index (χ2n) is 4.51. The van der Waals surface area contributed by atoms with Gasteiger partial charge >= 0.3 is 15.0 Å². The standard InChI is InChI=1S/C10H23Si.C2HF3O2/c1-4-5-6-7-8-9-10-11(2)3;3-2(4,5)1(6)7/h4-10H2,1-3H3;(H,6,7)/q+1;/p-1. The van der Waals surface area contributed by atoms with Crippen molar-refractivity contribution in [3.8, 4) is 0 Å². The van der Waals surface area contributed by atoms with Crippen molar-refractivity contribution < 1.29 is 23.1 Å². The highest BCUT2D eigenvalue weighted by Crippen LogP contribution is 2.11. The predicted molar refractivity (Wildman–Crippen MR) is 66.7 cm³/mol. The molecule has 6 heteroatoms. The average Bonchev–Trinajstić information content (AvgIpc) is 2.22. The molecule has 0 amide bonds. The van der Waals surface area contributed by atoms with Crippen molar-refractivity contribution in [2.45, 2.75) is 70.8 Å². The van der Waals surface area contributed by atoms with E-state index < -0.39 is 12.1 Å². The summed E-state index contributed by atoms with van der Waals surface area (Å²) in [5, 5.41) is 8.78. The lowest BCUT2D eigenvalue weighted by molar-refractivity contribution is -0.344. The highest BCUT2D eigenvalue weighted by atomic mass is 28.3. The van der Waals surface area contributed by atoms with Crippen LogP contribution in [0.15, 0.2) is 0 Å². The minimum absolute atomic E-state index is 0.0728. The van der Waals surface area contributed by atoms with Crippen LogP contribution in [0.3, 0.4) is 0 Å². The van der Waals surface area contributed by atoms with Crippen LogP contribution in [0.4, 0.5) is 13.2 Å². The lowest BCUT2D eigenvalue weighted by Crippen LogP contribution is -2.37. The molecule has 0 spiro atoms. The van der Waals surface area contributed by atoms with Crippen molar-refractivity contribution in [3.05, 3.63) is 0 Å². The SMILES string of the molecule is CCCCCCCC[Si+](C)C.O=C([O-])C(F)(F)F. The summed E-state index contributed by atoms with van der Waals surface area (Å²) in [5.74, 6) is -3.01. The Labute approximate surface area is 109 Å². The molecule has 0 aliphatic carbocycles. The van der Waals surface area contributed by atoms with E-state index in [-0.39, 0.29) is 8.80 Å². The van der Waals surface area contributed by atoms with E-state index >= 15 is 0 Å². The van der Waals surface area contributed by atoms with Crippen LogP contribution < -0.4 is 5.11 Å². The number of carbonyl (C=O) groups excluding carboxylic acids is 1. The quantitative estimate of drug-likeness (QED) is 0.531. The summed E-state index contributed by atoms with van der Waals surface area (Å²) in [6, 6.07) is 1.52. The van der Waals surface area contributed by atoms with E-state index in [4.69, 9.17) is 9.90 Å². The summed E-state index contributed by atoms with van der Waals surface area (Å²) in [6.07, 6.45) is 3.53. The first-order valence-electron chi connectivity index (χ1n) is 6.29. The van der Waals surface area contributed by atoms with Crippen LogP contribution in [0.1, 0.15) is 45.4 Å². The highest BCUT2D eigenvalue weighted by molar-refractivity contribution is 6.55. The number of unbranched alkanes of at least 4 members (excludes halogenated alkanes) is 5. The molecule has 0 bridgehead atoms. The minimum Gasteiger partial charge on any atom is -0.542 e. The van der Waals surface area contributed by atoms with Crippen molar-refractivity contribution in [1.29, 1.82) is 0 Å². The fraction of sp³-hybridized carbons (Fsp3) is 0.917. The first-order valence-corrected chi connectivity index (χ1v) is 8.99. The Balaban J connectivity index is 0. The van der Waals surface area contributed by atoms with Gasteiger partial charge in [-0.25, -0.2) is 0 Å². The molecule has 0 saturated carbocycles. The smallest absolute Gasteiger partial charge is 0.430 e. The second-order valence-corrected chi connectivity index (χ2v) is 7.42. The number of halogens is 3.